The van der Waals surface area contributed by atoms with Crippen LogP contribution >= 0.6 is 0 Å². The van der Waals surface area contributed by atoms with E-state index < -0.39 is 0 Å². The van der Waals surface area contributed by atoms with Crippen LogP contribution in [0, 0.1) is 22.7 Å². The molecule has 2 aromatic rings. The fourth-order valence-electron chi connectivity index (χ4n) is 1.96. The smallest absolute Gasteiger partial charge is 0.177 e. The van der Waals surface area contributed by atoms with Crippen LogP contribution in [0.2, 0.25) is 0 Å². The van der Waals surface area contributed by atoms with E-state index in [0.717, 1.165) is 17.7 Å². The number of para-hydroxylation sites is 1. The molecule has 0 radical (unpaired) electrons. The van der Waals surface area contributed by atoms with Crippen LogP contribution in [-0.4, -0.2) is 9.55 Å². The van der Waals surface area contributed by atoms with Crippen molar-refractivity contribution >= 4 is 0 Å². The van der Waals surface area contributed by atoms with Crippen LogP contribution in [0.4, 0.5) is 0 Å². The molecule has 0 aliphatic rings. The fourth-order valence-corrected chi connectivity index (χ4v) is 1.96. The summed E-state index contributed by atoms with van der Waals surface area (Å²) in [4.78, 5) is 3.95. The van der Waals surface area contributed by atoms with Gasteiger partial charge in [0.15, 0.2) is 11.4 Å². The van der Waals surface area contributed by atoms with Gasteiger partial charge in [-0.15, -0.1) is 0 Å². The highest BCUT2D eigenvalue weighted by molar-refractivity contribution is 5.49. The van der Waals surface area contributed by atoms with Crippen molar-refractivity contribution in [1.29, 1.82) is 10.5 Å². The first-order valence-corrected chi connectivity index (χ1v) is 5.95. The van der Waals surface area contributed by atoms with Gasteiger partial charge in [0.05, 0.1) is 5.69 Å². The van der Waals surface area contributed by atoms with Gasteiger partial charge < -0.3 is 5.73 Å². The van der Waals surface area contributed by atoms with Crippen molar-refractivity contribution in [1.82, 2.24) is 9.55 Å². The molecule has 0 aliphatic heterocycles. The molecule has 19 heavy (non-hydrogen) atoms. The Morgan fingerprint density at radius 1 is 1.32 bits per heavy atom. The van der Waals surface area contributed by atoms with E-state index in [1.165, 1.54) is 6.33 Å². The van der Waals surface area contributed by atoms with Crippen molar-refractivity contribution in [2.75, 3.05) is 0 Å². The summed E-state index contributed by atoms with van der Waals surface area (Å²) in [6.45, 7) is 2.00. The molecule has 1 atom stereocenters. The number of nitrogens with zero attached hydrogens (tertiary/aromatic N) is 4. The van der Waals surface area contributed by atoms with E-state index in [1.807, 2.05) is 43.3 Å². The van der Waals surface area contributed by atoms with Crippen LogP contribution in [0.3, 0.4) is 0 Å². The van der Waals surface area contributed by atoms with Gasteiger partial charge in [-0.1, -0.05) is 25.1 Å². The summed E-state index contributed by atoms with van der Waals surface area (Å²) in [5, 5.41) is 18.1. The van der Waals surface area contributed by atoms with E-state index in [2.05, 4.69) is 4.98 Å². The van der Waals surface area contributed by atoms with Crippen LogP contribution < -0.4 is 5.73 Å². The highest BCUT2D eigenvalue weighted by atomic mass is 15.1. The summed E-state index contributed by atoms with van der Waals surface area (Å²) in [7, 11) is 0. The molecular weight excluding hydrogens is 238 g/mol. The van der Waals surface area contributed by atoms with E-state index in [4.69, 9.17) is 11.0 Å². The molecule has 5 nitrogen and oxygen atoms in total. The lowest BCUT2D eigenvalue weighted by molar-refractivity contribution is 0.692. The summed E-state index contributed by atoms with van der Waals surface area (Å²) in [5.74, 6) is 0. The van der Waals surface area contributed by atoms with Crippen molar-refractivity contribution in [3.63, 3.8) is 0 Å². The maximum absolute atomic E-state index is 9.17. The van der Waals surface area contributed by atoms with E-state index >= 15 is 0 Å². The minimum atomic E-state index is -0.115. The van der Waals surface area contributed by atoms with E-state index in [1.54, 1.807) is 4.57 Å². The van der Waals surface area contributed by atoms with Crippen molar-refractivity contribution in [2.24, 2.45) is 5.73 Å². The number of hydrogen-bond donors (Lipinski definition) is 1. The third-order valence-electron chi connectivity index (χ3n) is 3.01. The minimum absolute atomic E-state index is 0.115. The molecule has 0 aliphatic carbocycles. The van der Waals surface area contributed by atoms with Gasteiger partial charge in [-0.25, -0.2) is 4.98 Å². The van der Waals surface area contributed by atoms with Crippen molar-refractivity contribution < 1.29 is 0 Å². The molecule has 1 aromatic heterocycles. The third kappa shape index (κ3) is 2.20. The van der Waals surface area contributed by atoms with Crippen molar-refractivity contribution in [3.05, 3.63) is 47.5 Å². The Morgan fingerprint density at radius 2 is 2.05 bits per heavy atom. The monoisotopic (exact) mass is 251 g/mol. The van der Waals surface area contributed by atoms with Gasteiger partial charge in [0.1, 0.15) is 18.5 Å². The number of rotatable bonds is 3. The Labute approximate surface area is 111 Å². The SMILES string of the molecule is CC[C@@H](N)c1ccccc1-n1cnc(C#N)c1C#N. The lowest BCUT2D eigenvalue weighted by Crippen LogP contribution is -2.12. The second-order valence-corrected chi connectivity index (χ2v) is 4.11. The minimum Gasteiger partial charge on any atom is -0.324 e. The third-order valence-corrected chi connectivity index (χ3v) is 3.01. The van der Waals surface area contributed by atoms with Crippen molar-refractivity contribution in [2.45, 2.75) is 19.4 Å². The molecule has 2 N–H and O–H groups in total. The first-order valence-electron chi connectivity index (χ1n) is 5.95. The van der Waals surface area contributed by atoms with Crippen LogP contribution in [0.25, 0.3) is 5.69 Å². The fraction of sp³-hybridized carbons (Fsp3) is 0.214. The van der Waals surface area contributed by atoms with E-state index in [-0.39, 0.29) is 17.4 Å². The molecule has 1 heterocycles. The highest BCUT2D eigenvalue weighted by Gasteiger charge is 2.16. The van der Waals surface area contributed by atoms with E-state index in [9.17, 15) is 5.26 Å². The number of nitrogens with two attached hydrogens (primary N) is 1. The van der Waals surface area contributed by atoms with Gasteiger partial charge in [0, 0.05) is 6.04 Å². The number of aromatic nitrogens is 2. The maximum atomic E-state index is 9.17. The second-order valence-electron chi connectivity index (χ2n) is 4.11. The van der Waals surface area contributed by atoms with E-state index in [0.29, 0.717) is 0 Å². The molecule has 0 saturated heterocycles. The van der Waals surface area contributed by atoms with Crippen LogP contribution in [0.15, 0.2) is 30.6 Å². The molecule has 94 valence electrons. The lowest BCUT2D eigenvalue weighted by Gasteiger charge is -2.15. The van der Waals surface area contributed by atoms with Gasteiger partial charge in [-0.05, 0) is 18.1 Å². The van der Waals surface area contributed by atoms with Crippen molar-refractivity contribution in [3.8, 4) is 17.8 Å². The number of hydrogen-bond acceptors (Lipinski definition) is 4. The van der Waals surface area contributed by atoms with Gasteiger partial charge in [-0.3, -0.25) is 4.57 Å². The zero-order valence-corrected chi connectivity index (χ0v) is 10.5. The Balaban J connectivity index is 2.64. The summed E-state index contributed by atoms with van der Waals surface area (Å²) < 4.78 is 1.61. The molecule has 0 bridgehead atoms. The van der Waals surface area contributed by atoms with Crippen LogP contribution in [-0.2, 0) is 0 Å². The van der Waals surface area contributed by atoms with Crippen LogP contribution in [0.5, 0.6) is 0 Å². The highest BCUT2D eigenvalue weighted by Crippen LogP contribution is 2.24. The molecule has 0 unspecified atom stereocenters. The maximum Gasteiger partial charge on any atom is 0.177 e. The van der Waals surface area contributed by atoms with Gasteiger partial charge in [-0.2, -0.15) is 10.5 Å². The molecule has 1 aromatic carbocycles. The van der Waals surface area contributed by atoms with Crippen LogP contribution in [0.1, 0.15) is 36.3 Å². The average molecular weight is 251 g/mol. The first kappa shape index (κ1) is 12.8. The standard InChI is InChI=1S/C14H13N5/c1-2-11(17)10-5-3-4-6-13(10)19-9-18-12(7-15)14(19)8-16/h3-6,9,11H,2,17H2,1H3/t11-/m1/s1. The predicted octanol–water partition coefficient (Wildman–Crippen LogP) is 2.03. The Morgan fingerprint density at radius 3 is 2.68 bits per heavy atom. The summed E-state index contributed by atoms with van der Waals surface area (Å²) in [6, 6.07) is 11.4. The predicted molar refractivity (Wildman–Crippen MR) is 70.2 cm³/mol. The molecule has 0 fully saturated rings. The largest absolute Gasteiger partial charge is 0.324 e. The summed E-state index contributed by atoms with van der Waals surface area (Å²) in [5.41, 5.74) is 8.17. The number of nitriles is 2. The van der Waals surface area contributed by atoms with Gasteiger partial charge in [0.25, 0.3) is 0 Å². The molecule has 0 amide bonds. The zero-order chi connectivity index (χ0) is 13.8. The average Bonchev–Trinajstić information content (AvgIpc) is 2.89. The Bertz CT molecular complexity index is 672. The molecule has 0 spiro atoms. The lowest BCUT2D eigenvalue weighted by atomic mass is 10.0. The van der Waals surface area contributed by atoms with Gasteiger partial charge >= 0.3 is 0 Å². The number of imidazole rings is 1. The summed E-state index contributed by atoms with van der Waals surface area (Å²) >= 11 is 0. The second kappa shape index (κ2) is 5.34. The summed E-state index contributed by atoms with van der Waals surface area (Å²) in [6.07, 6.45) is 2.27. The quantitative estimate of drug-likeness (QED) is 0.903. The number of benzene rings is 1. The molecule has 0 saturated carbocycles. The molecule has 2 rings (SSSR count). The first-order chi connectivity index (χ1) is 9.22. The normalized spacial score (nSPS) is 11.6. The Hall–Kier alpha value is -2.63. The molecule has 5 heteroatoms. The topological polar surface area (TPSA) is 91.4 Å². The molecular formula is C14H13N5. The zero-order valence-electron chi connectivity index (χ0n) is 10.5. The van der Waals surface area contributed by atoms with Gasteiger partial charge in [0.2, 0.25) is 0 Å². The Kier molecular flexibility index (Phi) is 3.61.